The van der Waals surface area contributed by atoms with Crippen molar-refractivity contribution in [3.05, 3.63) is 65.8 Å². The highest BCUT2D eigenvalue weighted by atomic mass is 19.4. The summed E-state index contributed by atoms with van der Waals surface area (Å²) in [5, 5.41) is 3.80. The maximum Gasteiger partial charge on any atom is 0.416 e. The van der Waals surface area contributed by atoms with Gasteiger partial charge in [0.15, 0.2) is 0 Å². The van der Waals surface area contributed by atoms with Crippen LogP contribution >= 0.6 is 0 Å². The Kier molecular flexibility index (Phi) is 4.85. The van der Waals surface area contributed by atoms with Gasteiger partial charge in [0.25, 0.3) is 0 Å². The Hall–Kier alpha value is -3.16. The quantitative estimate of drug-likeness (QED) is 0.463. The fraction of sp³-hybridized carbons (Fsp3) is 0.250. The molecule has 2 aromatic carbocycles. The molecule has 1 N–H and O–H groups in total. The number of aromatic amines is 1. The number of fused-ring (bicyclic) bond motifs is 1. The number of benzene rings is 2. The zero-order chi connectivity index (χ0) is 19.6. The first-order valence-electron chi connectivity index (χ1n) is 8.93. The van der Waals surface area contributed by atoms with Crippen molar-refractivity contribution in [1.29, 1.82) is 0 Å². The fourth-order valence-corrected chi connectivity index (χ4v) is 3.00. The lowest BCUT2D eigenvalue weighted by Crippen LogP contribution is -2.04. The number of unbranched alkanes of at least 4 members (excludes halogenated alkanes) is 1. The van der Waals surface area contributed by atoms with Crippen LogP contribution in [0, 0.1) is 0 Å². The highest BCUT2D eigenvalue weighted by Crippen LogP contribution is 2.31. The van der Waals surface area contributed by atoms with Crippen molar-refractivity contribution < 1.29 is 17.7 Å². The molecular formula is C20H17F3N4O. The molecule has 0 radical (unpaired) electrons. The van der Waals surface area contributed by atoms with Crippen molar-refractivity contribution in [1.82, 2.24) is 20.1 Å². The van der Waals surface area contributed by atoms with E-state index in [0.717, 1.165) is 48.3 Å². The van der Waals surface area contributed by atoms with Crippen LogP contribution in [0.4, 0.5) is 13.2 Å². The fourth-order valence-electron chi connectivity index (χ4n) is 3.00. The van der Waals surface area contributed by atoms with Gasteiger partial charge in [-0.15, -0.1) is 0 Å². The summed E-state index contributed by atoms with van der Waals surface area (Å²) in [6.45, 7) is 0. The summed E-state index contributed by atoms with van der Waals surface area (Å²) in [6, 6.07) is 12.8. The largest absolute Gasteiger partial charge is 0.416 e. The summed E-state index contributed by atoms with van der Waals surface area (Å²) in [5.74, 6) is 1.51. The number of aryl methyl sites for hydroxylation is 2. The van der Waals surface area contributed by atoms with E-state index in [9.17, 15) is 13.2 Å². The molecule has 4 rings (SSSR count). The van der Waals surface area contributed by atoms with Crippen molar-refractivity contribution in [3.63, 3.8) is 0 Å². The Morgan fingerprint density at radius 1 is 0.929 bits per heavy atom. The molecule has 0 aliphatic heterocycles. The van der Waals surface area contributed by atoms with Gasteiger partial charge in [-0.3, -0.25) is 0 Å². The lowest BCUT2D eigenvalue weighted by Gasteiger charge is -2.06. The van der Waals surface area contributed by atoms with Crippen LogP contribution in [0.25, 0.3) is 22.4 Å². The number of nitrogens with one attached hydrogen (secondary N) is 1. The Bertz CT molecular complexity index is 1050. The Morgan fingerprint density at radius 2 is 1.75 bits per heavy atom. The van der Waals surface area contributed by atoms with Crippen molar-refractivity contribution >= 4 is 11.0 Å². The summed E-state index contributed by atoms with van der Waals surface area (Å²) < 4.78 is 43.7. The van der Waals surface area contributed by atoms with Crippen LogP contribution in [0.5, 0.6) is 0 Å². The van der Waals surface area contributed by atoms with E-state index in [1.54, 1.807) is 0 Å². The van der Waals surface area contributed by atoms with Crippen molar-refractivity contribution in [3.8, 4) is 11.4 Å². The van der Waals surface area contributed by atoms with Crippen LogP contribution in [-0.4, -0.2) is 20.1 Å². The molecule has 2 heterocycles. The van der Waals surface area contributed by atoms with Crippen LogP contribution in [0.3, 0.4) is 0 Å². The minimum Gasteiger partial charge on any atom is -0.342 e. The Balaban J connectivity index is 1.34. The molecule has 4 aromatic rings. The molecule has 0 aliphatic rings. The Morgan fingerprint density at radius 3 is 2.57 bits per heavy atom. The van der Waals surface area contributed by atoms with Crippen LogP contribution < -0.4 is 0 Å². The van der Waals surface area contributed by atoms with Gasteiger partial charge in [0, 0.05) is 18.4 Å². The molecule has 8 heteroatoms. The van der Waals surface area contributed by atoms with Crippen LogP contribution in [-0.2, 0) is 19.0 Å². The third kappa shape index (κ3) is 4.05. The van der Waals surface area contributed by atoms with Gasteiger partial charge < -0.3 is 9.51 Å². The molecule has 2 aromatic heterocycles. The summed E-state index contributed by atoms with van der Waals surface area (Å²) in [6.07, 6.45) is -1.36. The molecule has 0 saturated heterocycles. The number of alkyl halides is 3. The summed E-state index contributed by atoms with van der Waals surface area (Å²) in [4.78, 5) is 12.0. The molecule has 0 spiro atoms. The number of para-hydroxylation sites is 2. The number of halogens is 3. The number of imidazole rings is 1. The molecule has 5 nitrogen and oxygen atoms in total. The number of rotatable bonds is 6. The molecule has 0 unspecified atom stereocenters. The minimum atomic E-state index is -4.40. The van der Waals surface area contributed by atoms with E-state index in [0.29, 0.717) is 12.3 Å². The van der Waals surface area contributed by atoms with Gasteiger partial charge in [-0.2, -0.15) is 18.2 Å². The molecule has 0 amide bonds. The normalized spacial score (nSPS) is 12.0. The number of aromatic nitrogens is 4. The summed E-state index contributed by atoms with van der Waals surface area (Å²) >= 11 is 0. The molecule has 0 aliphatic carbocycles. The zero-order valence-corrected chi connectivity index (χ0v) is 14.8. The van der Waals surface area contributed by atoms with Crippen molar-refractivity contribution in [2.75, 3.05) is 0 Å². The predicted molar refractivity (Wildman–Crippen MR) is 97.5 cm³/mol. The predicted octanol–water partition coefficient (Wildman–Crippen LogP) is 5.20. The monoisotopic (exact) mass is 386 g/mol. The van der Waals surface area contributed by atoms with Gasteiger partial charge in [0.05, 0.1) is 16.6 Å². The van der Waals surface area contributed by atoms with E-state index < -0.39 is 11.7 Å². The minimum absolute atomic E-state index is 0.165. The first-order chi connectivity index (χ1) is 13.5. The van der Waals surface area contributed by atoms with E-state index in [1.165, 1.54) is 12.1 Å². The standard InChI is InChI=1S/C20H17F3N4O/c21-20(22,23)14-7-5-6-13(12-14)19-26-18(28-27-19)11-4-3-10-17-24-15-8-1-2-9-16(15)25-17/h1-2,5-9,12H,3-4,10-11H2,(H,24,25). The maximum atomic E-state index is 12.8. The van der Waals surface area contributed by atoms with E-state index in [4.69, 9.17) is 4.52 Å². The average molecular weight is 386 g/mol. The van der Waals surface area contributed by atoms with E-state index in [1.807, 2.05) is 24.3 Å². The van der Waals surface area contributed by atoms with Gasteiger partial charge >= 0.3 is 6.18 Å². The highest BCUT2D eigenvalue weighted by Gasteiger charge is 2.30. The molecule has 28 heavy (non-hydrogen) atoms. The van der Waals surface area contributed by atoms with Gasteiger partial charge in [0.1, 0.15) is 5.82 Å². The number of hydrogen-bond donors (Lipinski definition) is 1. The third-order valence-electron chi connectivity index (χ3n) is 4.41. The summed E-state index contributed by atoms with van der Waals surface area (Å²) in [5.41, 5.74) is 1.51. The zero-order valence-electron chi connectivity index (χ0n) is 14.8. The van der Waals surface area contributed by atoms with E-state index in [-0.39, 0.29) is 11.4 Å². The van der Waals surface area contributed by atoms with Crippen LogP contribution in [0.1, 0.15) is 30.1 Å². The van der Waals surface area contributed by atoms with E-state index in [2.05, 4.69) is 20.1 Å². The van der Waals surface area contributed by atoms with Crippen LogP contribution in [0.15, 0.2) is 53.1 Å². The summed E-state index contributed by atoms with van der Waals surface area (Å²) in [7, 11) is 0. The maximum absolute atomic E-state index is 12.8. The smallest absolute Gasteiger partial charge is 0.342 e. The lowest BCUT2D eigenvalue weighted by molar-refractivity contribution is -0.137. The Labute approximate surface area is 158 Å². The van der Waals surface area contributed by atoms with Crippen molar-refractivity contribution in [2.45, 2.75) is 31.9 Å². The first kappa shape index (κ1) is 18.2. The number of H-pyrrole nitrogens is 1. The van der Waals surface area contributed by atoms with Gasteiger partial charge in [-0.25, -0.2) is 4.98 Å². The van der Waals surface area contributed by atoms with Gasteiger partial charge in [-0.1, -0.05) is 29.4 Å². The lowest BCUT2D eigenvalue weighted by atomic mass is 10.1. The van der Waals surface area contributed by atoms with E-state index >= 15 is 0 Å². The molecule has 0 fully saturated rings. The molecular weight excluding hydrogens is 369 g/mol. The highest BCUT2D eigenvalue weighted by molar-refractivity contribution is 5.74. The van der Waals surface area contributed by atoms with Gasteiger partial charge in [0.2, 0.25) is 11.7 Å². The second-order valence-electron chi connectivity index (χ2n) is 6.50. The SMILES string of the molecule is FC(F)(F)c1cccc(-c2noc(CCCCc3nc4ccccc4[nH]3)n2)c1. The number of nitrogens with zero attached hydrogens (tertiary/aromatic N) is 3. The molecule has 0 atom stereocenters. The third-order valence-corrected chi connectivity index (χ3v) is 4.41. The first-order valence-corrected chi connectivity index (χ1v) is 8.93. The van der Waals surface area contributed by atoms with Crippen LogP contribution in [0.2, 0.25) is 0 Å². The second kappa shape index (κ2) is 7.46. The number of hydrogen-bond acceptors (Lipinski definition) is 4. The van der Waals surface area contributed by atoms with Gasteiger partial charge in [-0.05, 0) is 37.1 Å². The average Bonchev–Trinajstić information content (AvgIpc) is 3.31. The molecule has 0 saturated carbocycles. The second-order valence-corrected chi connectivity index (χ2v) is 6.50. The van der Waals surface area contributed by atoms with Crippen molar-refractivity contribution in [2.24, 2.45) is 0 Å². The topological polar surface area (TPSA) is 67.6 Å². The molecule has 0 bridgehead atoms. The molecule has 144 valence electrons.